The average molecular weight is 408 g/mol. The first-order chi connectivity index (χ1) is 15.3. The number of methoxy groups -OCH3 is 2. The van der Waals surface area contributed by atoms with Gasteiger partial charge in [-0.15, -0.1) is 0 Å². The van der Waals surface area contributed by atoms with Gasteiger partial charge in [0.25, 0.3) is 0 Å². The van der Waals surface area contributed by atoms with E-state index in [0.29, 0.717) is 0 Å². The molecular weight excluding hydrogens is 382 g/mol. The molecule has 0 saturated heterocycles. The maximum Gasteiger partial charge on any atom is 0.118 e. The summed E-state index contributed by atoms with van der Waals surface area (Å²) in [6.07, 6.45) is 2.19. The largest absolute Gasteiger partial charge is 0.497 e. The molecule has 0 unspecified atom stereocenters. The predicted octanol–water partition coefficient (Wildman–Crippen LogP) is 6.93. The van der Waals surface area contributed by atoms with Crippen LogP contribution in [-0.4, -0.2) is 14.2 Å². The van der Waals surface area contributed by atoms with E-state index in [2.05, 4.69) is 83.9 Å². The monoisotopic (exact) mass is 407 g/mol. The van der Waals surface area contributed by atoms with Gasteiger partial charge in [0.05, 0.1) is 14.2 Å². The Balaban J connectivity index is 1.88. The summed E-state index contributed by atoms with van der Waals surface area (Å²) in [5.74, 6) is 1.67. The fourth-order valence-corrected chi connectivity index (χ4v) is 3.46. The van der Waals surface area contributed by atoms with Crippen molar-refractivity contribution in [2.75, 3.05) is 19.1 Å². The normalized spacial score (nSPS) is 10.3. The van der Waals surface area contributed by atoms with E-state index in [1.807, 2.05) is 36.4 Å². The van der Waals surface area contributed by atoms with Crippen LogP contribution in [-0.2, 0) is 0 Å². The third-order valence-electron chi connectivity index (χ3n) is 5.13. The Morgan fingerprint density at radius 3 is 1.29 bits per heavy atom. The van der Waals surface area contributed by atoms with E-state index in [1.165, 1.54) is 0 Å². The Morgan fingerprint density at radius 1 is 0.548 bits per heavy atom. The number of anilines is 2. The molecule has 4 rings (SSSR count). The highest BCUT2D eigenvalue weighted by Gasteiger charge is 2.12. The summed E-state index contributed by atoms with van der Waals surface area (Å²) in [7, 11) is 3.36. The number of ether oxygens (including phenoxy) is 2. The van der Waals surface area contributed by atoms with Gasteiger partial charge >= 0.3 is 0 Å². The Labute approximate surface area is 183 Å². The third kappa shape index (κ3) is 4.78. The first kappa shape index (κ1) is 20.3. The standard InChI is InChI=1S/C28H25NO2/c1-30-26-17-13-22(14-18-26)28(23-15-19-27(31-2)20-16-23)21-29(24-9-5-3-6-10-24)25-11-7-4-8-12-25/h3-21H,1-2H3. The van der Waals surface area contributed by atoms with Crippen molar-refractivity contribution in [2.45, 2.75) is 0 Å². The zero-order valence-corrected chi connectivity index (χ0v) is 17.7. The molecule has 0 aromatic heterocycles. The van der Waals surface area contributed by atoms with Crippen molar-refractivity contribution in [1.82, 2.24) is 0 Å². The molecule has 0 N–H and O–H groups in total. The van der Waals surface area contributed by atoms with Crippen molar-refractivity contribution in [3.8, 4) is 11.5 Å². The van der Waals surface area contributed by atoms with Crippen LogP contribution < -0.4 is 14.4 Å². The molecule has 0 aliphatic carbocycles. The van der Waals surface area contributed by atoms with E-state index in [-0.39, 0.29) is 0 Å². The second-order valence-corrected chi connectivity index (χ2v) is 7.04. The summed E-state index contributed by atoms with van der Waals surface area (Å²) in [6, 6.07) is 37.0. The molecule has 0 spiro atoms. The molecule has 0 atom stereocenters. The minimum atomic E-state index is 0.834. The summed E-state index contributed by atoms with van der Waals surface area (Å²) in [6.45, 7) is 0. The van der Waals surface area contributed by atoms with Gasteiger partial charge in [0, 0.05) is 23.1 Å². The van der Waals surface area contributed by atoms with E-state index in [1.54, 1.807) is 14.2 Å². The lowest BCUT2D eigenvalue weighted by Gasteiger charge is -2.23. The van der Waals surface area contributed by atoms with Crippen molar-refractivity contribution in [2.24, 2.45) is 0 Å². The molecule has 154 valence electrons. The Bertz CT molecular complexity index is 1030. The van der Waals surface area contributed by atoms with Crippen molar-refractivity contribution in [3.05, 3.63) is 127 Å². The van der Waals surface area contributed by atoms with Crippen LogP contribution in [0.25, 0.3) is 5.57 Å². The quantitative estimate of drug-likeness (QED) is 0.331. The van der Waals surface area contributed by atoms with Crippen LogP contribution in [0.2, 0.25) is 0 Å². The molecule has 4 aromatic carbocycles. The minimum Gasteiger partial charge on any atom is -0.497 e. The maximum absolute atomic E-state index is 5.36. The number of benzene rings is 4. The Hall–Kier alpha value is -3.98. The highest BCUT2D eigenvalue weighted by atomic mass is 16.5. The number of nitrogens with zero attached hydrogens (tertiary/aromatic N) is 1. The zero-order valence-electron chi connectivity index (χ0n) is 17.7. The summed E-state index contributed by atoms with van der Waals surface area (Å²) >= 11 is 0. The molecule has 0 fully saturated rings. The van der Waals surface area contributed by atoms with Gasteiger partial charge in [0.2, 0.25) is 0 Å². The lowest BCUT2D eigenvalue weighted by molar-refractivity contribution is 0.414. The topological polar surface area (TPSA) is 21.7 Å². The summed E-state index contributed by atoms with van der Waals surface area (Å²) < 4.78 is 10.7. The van der Waals surface area contributed by atoms with E-state index in [9.17, 15) is 0 Å². The molecular formula is C28H25NO2. The second kappa shape index (κ2) is 9.68. The lowest BCUT2D eigenvalue weighted by Crippen LogP contribution is -2.10. The fraction of sp³-hybridized carbons (Fsp3) is 0.0714. The first-order valence-electron chi connectivity index (χ1n) is 10.2. The summed E-state index contributed by atoms with van der Waals surface area (Å²) in [5, 5.41) is 0. The van der Waals surface area contributed by atoms with E-state index < -0.39 is 0 Å². The molecule has 3 heteroatoms. The van der Waals surface area contributed by atoms with Gasteiger partial charge in [-0.1, -0.05) is 60.7 Å². The lowest BCUT2D eigenvalue weighted by atomic mass is 9.98. The highest BCUT2D eigenvalue weighted by molar-refractivity contribution is 5.84. The van der Waals surface area contributed by atoms with Crippen LogP contribution in [0.5, 0.6) is 11.5 Å². The molecule has 0 aliphatic heterocycles. The van der Waals surface area contributed by atoms with Crippen molar-refractivity contribution in [1.29, 1.82) is 0 Å². The van der Waals surface area contributed by atoms with Crippen molar-refractivity contribution < 1.29 is 9.47 Å². The third-order valence-corrected chi connectivity index (χ3v) is 5.13. The number of para-hydroxylation sites is 2. The minimum absolute atomic E-state index is 0.834. The van der Waals surface area contributed by atoms with Gasteiger partial charge in [-0.2, -0.15) is 0 Å². The first-order valence-corrected chi connectivity index (χ1v) is 10.2. The van der Waals surface area contributed by atoms with Crippen LogP contribution in [0.4, 0.5) is 11.4 Å². The van der Waals surface area contributed by atoms with Gasteiger partial charge in [0.1, 0.15) is 11.5 Å². The molecule has 0 bridgehead atoms. The Kier molecular flexibility index (Phi) is 6.34. The fourth-order valence-electron chi connectivity index (χ4n) is 3.46. The van der Waals surface area contributed by atoms with Gasteiger partial charge < -0.3 is 14.4 Å². The SMILES string of the molecule is COc1ccc(C(=CN(c2ccccc2)c2ccccc2)c2ccc(OC)cc2)cc1. The van der Waals surface area contributed by atoms with Crippen LogP contribution in [0.1, 0.15) is 11.1 Å². The maximum atomic E-state index is 5.36. The van der Waals surface area contributed by atoms with Crippen LogP contribution in [0, 0.1) is 0 Å². The number of hydrogen-bond acceptors (Lipinski definition) is 3. The second-order valence-electron chi connectivity index (χ2n) is 7.04. The van der Waals surface area contributed by atoms with E-state index in [4.69, 9.17) is 9.47 Å². The molecule has 31 heavy (non-hydrogen) atoms. The van der Waals surface area contributed by atoms with Crippen LogP contribution >= 0.6 is 0 Å². The smallest absolute Gasteiger partial charge is 0.118 e. The van der Waals surface area contributed by atoms with Crippen molar-refractivity contribution >= 4 is 16.9 Å². The molecule has 0 saturated carbocycles. The van der Waals surface area contributed by atoms with Gasteiger partial charge in [-0.05, 0) is 59.7 Å². The predicted molar refractivity (Wildman–Crippen MR) is 128 cm³/mol. The molecule has 0 heterocycles. The summed E-state index contributed by atoms with van der Waals surface area (Å²) in [4.78, 5) is 2.21. The average Bonchev–Trinajstić information content (AvgIpc) is 2.86. The number of rotatable bonds is 7. The van der Waals surface area contributed by atoms with Gasteiger partial charge in [-0.25, -0.2) is 0 Å². The zero-order chi connectivity index (χ0) is 21.5. The Morgan fingerprint density at radius 2 is 0.935 bits per heavy atom. The van der Waals surface area contributed by atoms with Crippen molar-refractivity contribution in [3.63, 3.8) is 0 Å². The van der Waals surface area contributed by atoms with E-state index >= 15 is 0 Å². The summed E-state index contributed by atoms with van der Waals surface area (Å²) in [5.41, 5.74) is 5.48. The number of hydrogen-bond donors (Lipinski definition) is 0. The molecule has 4 aromatic rings. The molecule has 0 radical (unpaired) electrons. The van der Waals surface area contributed by atoms with Crippen LogP contribution in [0.15, 0.2) is 115 Å². The molecule has 3 nitrogen and oxygen atoms in total. The van der Waals surface area contributed by atoms with E-state index in [0.717, 1.165) is 39.6 Å². The van der Waals surface area contributed by atoms with Gasteiger partial charge in [-0.3, -0.25) is 0 Å². The highest BCUT2D eigenvalue weighted by Crippen LogP contribution is 2.32. The molecule has 0 aliphatic rings. The van der Waals surface area contributed by atoms with Gasteiger partial charge in [0.15, 0.2) is 0 Å². The molecule has 0 amide bonds. The van der Waals surface area contributed by atoms with Crippen LogP contribution in [0.3, 0.4) is 0 Å².